The van der Waals surface area contributed by atoms with E-state index >= 15 is 0 Å². The molecule has 1 aromatic heterocycles. The molecule has 1 heterocycles. The van der Waals surface area contributed by atoms with Crippen molar-refractivity contribution in [2.45, 2.75) is 33.7 Å². The van der Waals surface area contributed by atoms with Crippen molar-refractivity contribution in [1.82, 2.24) is 9.97 Å². The maximum atomic E-state index is 4.27. The fourth-order valence-electron chi connectivity index (χ4n) is 0.889. The lowest BCUT2D eigenvalue weighted by Crippen LogP contribution is -2.22. The zero-order chi connectivity index (χ0) is 9.84. The van der Waals surface area contributed by atoms with Gasteiger partial charge >= 0.3 is 0 Å². The second-order valence-electron chi connectivity index (χ2n) is 3.70. The molecule has 0 saturated carbocycles. The van der Waals surface area contributed by atoms with E-state index < -0.39 is 0 Å². The molecule has 13 heavy (non-hydrogen) atoms. The summed E-state index contributed by atoms with van der Waals surface area (Å²) in [6, 6.07) is 2.30. The van der Waals surface area contributed by atoms with Crippen LogP contribution < -0.4 is 5.32 Å². The van der Waals surface area contributed by atoms with Crippen LogP contribution in [-0.4, -0.2) is 16.0 Å². The maximum Gasteiger partial charge on any atom is 0.223 e. The third-order valence-corrected chi connectivity index (χ3v) is 2.15. The minimum atomic E-state index is 0.404. The van der Waals surface area contributed by atoms with E-state index in [1.165, 1.54) is 0 Å². The van der Waals surface area contributed by atoms with Gasteiger partial charge in [0.25, 0.3) is 0 Å². The minimum absolute atomic E-state index is 0.404. The Bertz CT molecular complexity index is 271. The van der Waals surface area contributed by atoms with Gasteiger partial charge in [-0.05, 0) is 25.8 Å². The summed E-state index contributed by atoms with van der Waals surface area (Å²) < 4.78 is 0. The lowest BCUT2D eigenvalue weighted by Gasteiger charge is -2.17. The summed E-state index contributed by atoms with van der Waals surface area (Å²) in [6.45, 7) is 8.45. The van der Waals surface area contributed by atoms with Crippen molar-refractivity contribution >= 4 is 5.95 Å². The SMILES string of the molecule is Cc1ccnc(N[C@@H](C)C(C)C)n1. The zero-order valence-corrected chi connectivity index (χ0v) is 8.70. The molecule has 0 aromatic carbocycles. The number of aryl methyl sites for hydroxylation is 1. The number of nitrogens with zero attached hydrogens (tertiary/aromatic N) is 2. The number of hydrogen-bond donors (Lipinski definition) is 1. The van der Waals surface area contributed by atoms with Crippen molar-refractivity contribution in [3.63, 3.8) is 0 Å². The molecule has 0 saturated heterocycles. The van der Waals surface area contributed by atoms with Gasteiger partial charge in [-0.1, -0.05) is 13.8 Å². The van der Waals surface area contributed by atoms with E-state index in [0.29, 0.717) is 12.0 Å². The summed E-state index contributed by atoms with van der Waals surface area (Å²) >= 11 is 0. The zero-order valence-electron chi connectivity index (χ0n) is 8.70. The van der Waals surface area contributed by atoms with E-state index in [-0.39, 0.29) is 0 Å². The van der Waals surface area contributed by atoms with Crippen molar-refractivity contribution < 1.29 is 0 Å². The molecular weight excluding hydrogens is 162 g/mol. The van der Waals surface area contributed by atoms with Crippen LogP contribution in [0.1, 0.15) is 26.5 Å². The maximum absolute atomic E-state index is 4.27. The number of anilines is 1. The van der Waals surface area contributed by atoms with Gasteiger partial charge in [-0.15, -0.1) is 0 Å². The topological polar surface area (TPSA) is 37.8 Å². The molecule has 1 atom stereocenters. The summed E-state index contributed by atoms with van der Waals surface area (Å²) in [7, 11) is 0. The molecule has 0 radical (unpaired) electrons. The molecule has 0 unspecified atom stereocenters. The number of rotatable bonds is 3. The number of nitrogens with one attached hydrogen (secondary N) is 1. The Morgan fingerprint density at radius 1 is 1.31 bits per heavy atom. The van der Waals surface area contributed by atoms with Crippen LogP contribution in [0.2, 0.25) is 0 Å². The Morgan fingerprint density at radius 3 is 2.54 bits per heavy atom. The fourth-order valence-corrected chi connectivity index (χ4v) is 0.889. The summed E-state index contributed by atoms with van der Waals surface area (Å²) in [5.74, 6) is 1.31. The van der Waals surface area contributed by atoms with Gasteiger partial charge in [-0.3, -0.25) is 0 Å². The first-order chi connectivity index (χ1) is 6.09. The summed E-state index contributed by atoms with van der Waals surface area (Å²) in [5, 5.41) is 3.26. The number of aromatic nitrogens is 2. The van der Waals surface area contributed by atoms with Crippen LogP contribution >= 0.6 is 0 Å². The summed E-state index contributed by atoms with van der Waals surface area (Å²) in [5.41, 5.74) is 0.994. The molecule has 0 spiro atoms. The first kappa shape index (κ1) is 9.96. The quantitative estimate of drug-likeness (QED) is 0.773. The molecular formula is C10H17N3. The molecule has 0 aliphatic carbocycles. The normalized spacial score (nSPS) is 13.0. The average Bonchev–Trinajstić information content (AvgIpc) is 2.04. The lowest BCUT2D eigenvalue weighted by molar-refractivity contribution is 0.556. The monoisotopic (exact) mass is 179 g/mol. The van der Waals surface area contributed by atoms with Gasteiger partial charge in [0, 0.05) is 17.9 Å². The van der Waals surface area contributed by atoms with E-state index in [4.69, 9.17) is 0 Å². The van der Waals surface area contributed by atoms with E-state index in [9.17, 15) is 0 Å². The second kappa shape index (κ2) is 4.21. The first-order valence-electron chi connectivity index (χ1n) is 4.66. The minimum Gasteiger partial charge on any atom is -0.352 e. The van der Waals surface area contributed by atoms with Gasteiger partial charge in [0.2, 0.25) is 5.95 Å². The van der Waals surface area contributed by atoms with Crippen LogP contribution in [0.5, 0.6) is 0 Å². The van der Waals surface area contributed by atoms with Crippen LogP contribution in [0.4, 0.5) is 5.95 Å². The Balaban J connectivity index is 2.64. The van der Waals surface area contributed by atoms with Crippen LogP contribution in [0.25, 0.3) is 0 Å². The number of hydrogen-bond acceptors (Lipinski definition) is 3. The van der Waals surface area contributed by atoms with Gasteiger partial charge in [0.1, 0.15) is 0 Å². The van der Waals surface area contributed by atoms with Crippen LogP contribution in [0, 0.1) is 12.8 Å². The van der Waals surface area contributed by atoms with E-state index in [2.05, 4.69) is 36.1 Å². The van der Waals surface area contributed by atoms with Crippen molar-refractivity contribution in [2.24, 2.45) is 5.92 Å². The lowest BCUT2D eigenvalue weighted by atomic mass is 10.1. The van der Waals surface area contributed by atoms with Crippen LogP contribution in [-0.2, 0) is 0 Å². The first-order valence-corrected chi connectivity index (χ1v) is 4.66. The largest absolute Gasteiger partial charge is 0.352 e. The van der Waals surface area contributed by atoms with E-state index in [1.54, 1.807) is 6.20 Å². The van der Waals surface area contributed by atoms with Crippen molar-refractivity contribution in [1.29, 1.82) is 0 Å². The highest BCUT2D eigenvalue weighted by Crippen LogP contribution is 2.07. The molecule has 0 aliphatic heterocycles. The molecule has 1 N–H and O–H groups in total. The van der Waals surface area contributed by atoms with E-state index in [0.717, 1.165) is 11.6 Å². The Morgan fingerprint density at radius 2 is 2.00 bits per heavy atom. The Hall–Kier alpha value is -1.12. The van der Waals surface area contributed by atoms with Gasteiger partial charge in [-0.2, -0.15) is 0 Å². The van der Waals surface area contributed by atoms with Gasteiger partial charge in [0.15, 0.2) is 0 Å². The highest BCUT2D eigenvalue weighted by atomic mass is 15.1. The van der Waals surface area contributed by atoms with Crippen LogP contribution in [0.15, 0.2) is 12.3 Å². The van der Waals surface area contributed by atoms with Gasteiger partial charge < -0.3 is 5.32 Å². The average molecular weight is 179 g/mol. The van der Waals surface area contributed by atoms with Crippen LogP contribution in [0.3, 0.4) is 0 Å². The highest BCUT2D eigenvalue weighted by Gasteiger charge is 2.07. The summed E-state index contributed by atoms with van der Waals surface area (Å²) in [6.07, 6.45) is 1.78. The molecule has 0 aliphatic rings. The standard InChI is InChI=1S/C10H17N3/c1-7(2)9(4)13-10-11-6-5-8(3)12-10/h5-7,9H,1-4H3,(H,11,12,13)/t9-/m0/s1. The van der Waals surface area contributed by atoms with Crippen molar-refractivity contribution in [3.05, 3.63) is 18.0 Å². The predicted octanol–water partition coefficient (Wildman–Crippen LogP) is 2.24. The molecule has 0 amide bonds. The highest BCUT2D eigenvalue weighted by molar-refractivity contribution is 5.26. The second-order valence-corrected chi connectivity index (χ2v) is 3.70. The smallest absolute Gasteiger partial charge is 0.223 e. The Kier molecular flexibility index (Phi) is 3.23. The molecule has 1 rings (SSSR count). The molecule has 0 fully saturated rings. The summed E-state index contributed by atoms with van der Waals surface area (Å²) in [4.78, 5) is 8.41. The molecule has 72 valence electrons. The predicted molar refractivity (Wildman–Crippen MR) is 54.7 cm³/mol. The molecule has 0 bridgehead atoms. The van der Waals surface area contributed by atoms with Crippen molar-refractivity contribution in [2.75, 3.05) is 5.32 Å². The Labute approximate surface area is 79.6 Å². The third kappa shape index (κ3) is 3.01. The third-order valence-electron chi connectivity index (χ3n) is 2.15. The van der Waals surface area contributed by atoms with Gasteiger partial charge in [0.05, 0.1) is 0 Å². The van der Waals surface area contributed by atoms with E-state index in [1.807, 2.05) is 13.0 Å². The van der Waals surface area contributed by atoms with Crippen molar-refractivity contribution in [3.8, 4) is 0 Å². The molecule has 1 aromatic rings. The molecule has 3 nitrogen and oxygen atoms in total. The molecule has 3 heteroatoms. The van der Waals surface area contributed by atoms with Gasteiger partial charge in [-0.25, -0.2) is 9.97 Å². The fraction of sp³-hybridized carbons (Fsp3) is 0.600.